The van der Waals surface area contributed by atoms with Crippen LogP contribution >= 0.6 is 0 Å². The lowest BCUT2D eigenvalue weighted by molar-refractivity contribution is -0.137. The van der Waals surface area contributed by atoms with E-state index >= 15 is 0 Å². The highest BCUT2D eigenvalue weighted by Crippen LogP contribution is 2.28. The molecule has 16 heavy (non-hydrogen) atoms. The predicted molar refractivity (Wildman–Crippen MR) is 59.5 cm³/mol. The van der Waals surface area contributed by atoms with Gasteiger partial charge in [-0.1, -0.05) is 12.1 Å². The van der Waals surface area contributed by atoms with Gasteiger partial charge in [0.2, 0.25) is 5.91 Å². The minimum Gasteiger partial charge on any atom is -0.481 e. The van der Waals surface area contributed by atoms with Crippen molar-refractivity contribution in [3.8, 4) is 0 Å². The van der Waals surface area contributed by atoms with E-state index in [-0.39, 0.29) is 12.3 Å². The Labute approximate surface area is 93.5 Å². The second kappa shape index (κ2) is 3.96. The lowest BCUT2D eigenvalue weighted by Gasteiger charge is -2.11. The molecule has 1 aliphatic heterocycles. The number of carboxylic acids is 1. The van der Waals surface area contributed by atoms with Crippen LogP contribution in [0.5, 0.6) is 0 Å². The highest BCUT2D eigenvalue weighted by atomic mass is 16.4. The highest BCUT2D eigenvalue weighted by Gasteiger charge is 2.23. The fourth-order valence-electron chi connectivity index (χ4n) is 1.89. The number of rotatable bonds is 3. The molecule has 2 rings (SSSR count). The molecule has 0 spiro atoms. The summed E-state index contributed by atoms with van der Waals surface area (Å²) >= 11 is 0. The Morgan fingerprint density at radius 3 is 2.94 bits per heavy atom. The van der Waals surface area contributed by atoms with Gasteiger partial charge < -0.3 is 10.0 Å². The molecule has 0 bridgehead atoms. The van der Waals surface area contributed by atoms with Crippen molar-refractivity contribution in [3.05, 3.63) is 29.3 Å². The van der Waals surface area contributed by atoms with Crippen LogP contribution in [0.15, 0.2) is 18.2 Å². The van der Waals surface area contributed by atoms with Gasteiger partial charge >= 0.3 is 5.97 Å². The van der Waals surface area contributed by atoms with E-state index in [1.165, 1.54) is 0 Å². The number of anilines is 1. The molecule has 0 aliphatic carbocycles. The summed E-state index contributed by atoms with van der Waals surface area (Å²) in [7, 11) is 1.75. The third-order valence-electron chi connectivity index (χ3n) is 2.85. The topological polar surface area (TPSA) is 57.6 Å². The zero-order valence-corrected chi connectivity index (χ0v) is 9.06. The molecule has 0 unspecified atom stereocenters. The Morgan fingerprint density at radius 2 is 2.25 bits per heavy atom. The molecule has 4 heteroatoms. The molecule has 0 fully saturated rings. The van der Waals surface area contributed by atoms with Crippen molar-refractivity contribution in [1.29, 1.82) is 0 Å². The highest BCUT2D eigenvalue weighted by molar-refractivity contribution is 6.00. The van der Waals surface area contributed by atoms with Crippen molar-refractivity contribution in [2.75, 3.05) is 11.9 Å². The number of amides is 1. The Bertz CT molecular complexity index is 454. The van der Waals surface area contributed by atoms with Crippen LogP contribution in [0.3, 0.4) is 0 Å². The number of carbonyl (C=O) groups excluding carboxylic acids is 1. The SMILES string of the molecule is CN1C(=O)Cc2ccc(CCC(=O)O)cc21. The van der Waals surface area contributed by atoms with Gasteiger partial charge in [-0.2, -0.15) is 0 Å². The normalized spacial score (nSPS) is 14.1. The van der Waals surface area contributed by atoms with Gasteiger partial charge in [-0.3, -0.25) is 9.59 Å². The monoisotopic (exact) mass is 219 g/mol. The lowest BCUT2D eigenvalue weighted by Crippen LogP contribution is -2.20. The number of carboxylic acid groups (broad SMARTS) is 1. The summed E-state index contributed by atoms with van der Waals surface area (Å²) in [4.78, 5) is 23.5. The molecule has 0 aromatic heterocycles. The number of aliphatic carboxylic acids is 1. The summed E-state index contributed by atoms with van der Waals surface area (Å²) in [6, 6.07) is 5.71. The van der Waals surface area contributed by atoms with Gasteiger partial charge in [0.05, 0.1) is 6.42 Å². The molecule has 0 atom stereocenters. The van der Waals surface area contributed by atoms with Crippen molar-refractivity contribution < 1.29 is 14.7 Å². The Kier molecular flexibility index (Phi) is 2.64. The number of benzene rings is 1. The Balaban J connectivity index is 2.20. The third kappa shape index (κ3) is 1.91. The first kappa shape index (κ1) is 10.7. The number of nitrogens with zero attached hydrogens (tertiary/aromatic N) is 1. The largest absolute Gasteiger partial charge is 0.481 e. The summed E-state index contributed by atoms with van der Waals surface area (Å²) in [5.74, 6) is -0.713. The molecular formula is C12H13NO3. The fourth-order valence-corrected chi connectivity index (χ4v) is 1.89. The van der Waals surface area contributed by atoms with E-state index in [4.69, 9.17) is 5.11 Å². The van der Waals surface area contributed by atoms with E-state index in [2.05, 4.69) is 0 Å². The first-order valence-electron chi connectivity index (χ1n) is 5.18. The second-order valence-electron chi connectivity index (χ2n) is 3.99. The van der Waals surface area contributed by atoms with Crippen LogP contribution in [-0.4, -0.2) is 24.0 Å². The number of aryl methyl sites for hydroxylation is 1. The molecule has 1 aliphatic rings. The van der Waals surface area contributed by atoms with Gasteiger partial charge in [-0.25, -0.2) is 0 Å². The maximum atomic E-state index is 11.4. The molecule has 1 heterocycles. The molecule has 1 aromatic rings. The quantitative estimate of drug-likeness (QED) is 0.831. The fraction of sp³-hybridized carbons (Fsp3) is 0.333. The number of hydrogen-bond acceptors (Lipinski definition) is 2. The maximum Gasteiger partial charge on any atom is 0.303 e. The summed E-state index contributed by atoms with van der Waals surface area (Å²) in [5, 5.41) is 8.60. The van der Waals surface area contributed by atoms with Crippen molar-refractivity contribution >= 4 is 17.6 Å². The van der Waals surface area contributed by atoms with Crippen LogP contribution < -0.4 is 4.90 Å². The smallest absolute Gasteiger partial charge is 0.303 e. The first-order chi connectivity index (χ1) is 7.58. The van der Waals surface area contributed by atoms with Gasteiger partial charge in [0.1, 0.15) is 0 Å². The van der Waals surface area contributed by atoms with Crippen molar-refractivity contribution in [2.24, 2.45) is 0 Å². The van der Waals surface area contributed by atoms with Gasteiger partial charge in [0.25, 0.3) is 0 Å². The summed E-state index contributed by atoms with van der Waals surface area (Å²) in [6.07, 6.45) is 1.08. The molecule has 1 amide bonds. The second-order valence-corrected chi connectivity index (χ2v) is 3.99. The molecule has 1 aromatic carbocycles. The van der Waals surface area contributed by atoms with Crippen molar-refractivity contribution in [1.82, 2.24) is 0 Å². The van der Waals surface area contributed by atoms with E-state index in [1.54, 1.807) is 11.9 Å². The van der Waals surface area contributed by atoms with Crippen LogP contribution in [-0.2, 0) is 22.4 Å². The van der Waals surface area contributed by atoms with E-state index in [1.807, 2.05) is 18.2 Å². The number of likely N-dealkylation sites (N-methyl/N-ethyl adjacent to an activating group) is 1. The maximum absolute atomic E-state index is 11.4. The average Bonchev–Trinajstić information content (AvgIpc) is 2.52. The number of hydrogen-bond donors (Lipinski definition) is 1. The molecule has 0 saturated carbocycles. The van der Waals surface area contributed by atoms with Gasteiger partial charge in [0.15, 0.2) is 0 Å². The molecule has 0 radical (unpaired) electrons. The molecule has 4 nitrogen and oxygen atoms in total. The summed E-state index contributed by atoms with van der Waals surface area (Å²) in [6.45, 7) is 0. The van der Waals surface area contributed by atoms with E-state index < -0.39 is 5.97 Å². The standard InChI is InChI=1S/C12H13NO3/c1-13-10-6-8(3-5-12(15)16)2-4-9(10)7-11(13)14/h2,4,6H,3,5,7H2,1H3,(H,15,16). The number of carbonyl (C=O) groups is 2. The Morgan fingerprint density at radius 1 is 1.50 bits per heavy atom. The van der Waals surface area contributed by atoms with Crippen molar-refractivity contribution in [2.45, 2.75) is 19.3 Å². The van der Waals surface area contributed by atoms with E-state index in [0.29, 0.717) is 12.8 Å². The summed E-state index contributed by atoms with van der Waals surface area (Å²) < 4.78 is 0. The first-order valence-corrected chi connectivity index (χ1v) is 5.18. The van der Waals surface area contributed by atoms with E-state index in [9.17, 15) is 9.59 Å². The van der Waals surface area contributed by atoms with E-state index in [0.717, 1.165) is 16.8 Å². The van der Waals surface area contributed by atoms with Crippen LogP contribution in [0.25, 0.3) is 0 Å². The minimum absolute atomic E-state index is 0.0883. The average molecular weight is 219 g/mol. The lowest BCUT2D eigenvalue weighted by atomic mass is 10.1. The predicted octanol–water partition coefficient (Wildman–Crippen LogP) is 1.22. The van der Waals surface area contributed by atoms with Crippen molar-refractivity contribution in [3.63, 3.8) is 0 Å². The third-order valence-corrected chi connectivity index (χ3v) is 2.85. The van der Waals surface area contributed by atoms with Crippen LogP contribution in [0.1, 0.15) is 17.5 Å². The van der Waals surface area contributed by atoms with Crippen LogP contribution in [0.4, 0.5) is 5.69 Å². The zero-order chi connectivity index (χ0) is 11.7. The molecule has 0 saturated heterocycles. The van der Waals surface area contributed by atoms with Gasteiger partial charge in [-0.15, -0.1) is 0 Å². The molecule has 84 valence electrons. The zero-order valence-electron chi connectivity index (χ0n) is 9.06. The van der Waals surface area contributed by atoms with Crippen LogP contribution in [0, 0.1) is 0 Å². The van der Waals surface area contributed by atoms with Gasteiger partial charge in [-0.05, 0) is 23.6 Å². The van der Waals surface area contributed by atoms with Crippen LogP contribution in [0.2, 0.25) is 0 Å². The molecule has 1 N–H and O–H groups in total. The molecular weight excluding hydrogens is 206 g/mol. The number of fused-ring (bicyclic) bond motifs is 1. The Hall–Kier alpha value is -1.84. The minimum atomic E-state index is -0.801. The van der Waals surface area contributed by atoms with Gasteiger partial charge in [0, 0.05) is 19.2 Å². The summed E-state index contributed by atoms with van der Waals surface area (Å²) in [5.41, 5.74) is 2.89.